The first-order chi connectivity index (χ1) is 16.5. The molecule has 0 N–H and O–H groups in total. The molecule has 3 saturated heterocycles. The molecule has 8 heteroatoms. The highest BCUT2D eigenvalue weighted by Crippen LogP contribution is 2.30. The number of amides is 1. The van der Waals surface area contributed by atoms with Crippen LogP contribution in [0.15, 0.2) is 23.1 Å². The molecule has 4 rings (SSSR count). The first-order valence-electron chi connectivity index (χ1n) is 13.2. The molecule has 0 radical (unpaired) electrons. The zero-order chi connectivity index (χ0) is 24.0. The summed E-state index contributed by atoms with van der Waals surface area (Å²) in [5.41, 5.74) is 0.431. The molecule has 7 nitrogen and oxygen atoms in total. The maximum atomic E-state index is 13.4. The second-order valence-corrected chi connectivity index (χ2v) is 12.0. The van der Waals surface area contributed by atoms with E-state index in [1.54, 1.807) is 16.4 Å². The Hall–Kier alpha value is -1.64. The van der Waals surface area contributed by atoms with Crippen molar-refractivity contribution in [1.29, 1.82) is 0 Å². The van der Waals surface area contributed by atoms with Crippen molar-refractivity contribution in [2.45, 2.75) is 69.1 Å². The molecule has 0 atom stereocenters. The van der Waals surface area contributed by atoms with Crippen molar-refractivity contribution in [3.8, 4) is 5.75 Å². The minimum absolute atomic E-state index is 0.0804. The van der Waals surface area contributed by atoms with E-state index in [9.17, 15) is 13.2 Å². The van der Waals surface area contributed by atoms with E-state index in [2.05, 4.69) is 4.90 Å². The second-order valence-electron chi connectivity index (χ2n) is 10.1. The molecule has 0 saturated carbocycles. The number of benzene rings is 1. The van der Waals surface area contributed by atoms with Crippen LogP contribution in [0.5, 0.6) is 5.75 Å². The van der Waals surface area contributed by atoms with E-state index in [1.807, 2.05) is 4.90 Å². The quantitative estimate of drug-likeness (QED) is 0.602. The van der Waals surface area contributed by atoms with Crippen LogP contribution in [-0.4, -0.2) is 81.4 Å². The van der Waals surface area contributed by atoms with Gasteiger partial charge in [0.2, 0.25) is 10.0 Å². The normalized spacial score (nSPS) is 22.2. The van der Waals surface area contributed by atoms with Gasteiger partial charge in [0.25, 0.3) is 5.91 Å². The van der Waals surface area contributed by atoms with E-state index in [0.29, 0.717) is 30.3 Å². The van der Waals surface area contributed by atoms with Gasteiger partial charge in [-0.1, -0.05) is 25.7 Å². The number of hydrogen-bond donors (Lipinski definition) is 0. The lowest BCUT2D eigenvalue weighted by Crippen LogP contribution is -2.42. The SMILES string of the molecule is COc1ccc(C(=O)N2CCC(CN3CCCCCC3)CC2)cc1S(=O)(=O)N1CCCCCC1. The molecule has 190 valence electrons. The number of likely N-dealkylation sites (tertiary alicyclic amines) is 2. The zero-order valence-electron chi connectivity index (χ0n) is 20.7. The van der Waals surface area contributed by atoms with Gasteiger partial charge in [-0.2, -0.15) is 4.31 Å². The van der Waals surface area contributed by atoms with Crippen LogP contribution in [0.25, 0.3) is 0 Å². The lowest BCUT2D eigenvalue weighted by atomic mass is 9.95. The molecule has 34 heavy (non-hydrogen) atoms. The van der Waals surface area contributed by atoms with Crippen LogP contribution < -0.4 is 4.74 Å². The highest BCUT2D eigenvalue weighted by Gasteiger charge is 2.31. The van der Waals surface area contributed by atoms with Crippen LogP contribution in [0.2, 0.25) is 0 Å². The molecule has 1 amide bonds. The fraction of sp³-hybridized carbons (Fsp3) is 0.731. The van der Waals surface area contributed by atoms with Gasteiger partial charge in [0.05, 0.1) is 7.11 Å². The van der Waals surface area contributed by atoms with Crippen molar-refractivity contribution in [2.75, 3.05) is 52.9 Å². The predicted octanol–water partition coefficient (Wildman–Crippen LogP) is 3.99. The molecule has 0 spiro atoms. The smallest absolute Gasteiger partial charge is 0.253 e. The third kappa shape index (κ3) is 6.13. The van der Waals surface area contributed by atoms with Crippen molar-refractivity contribution < 1.29 is 17.9 Å². The number of rotatable bonds is 6. The van der Waals surface area contributed by atoms with Crippen molar-refractivity contribution in [2.24, 2.45) is 5.92 Å². The first-order valence-corrected chi connectivity index (χ1v) is 14.6. The predicted molar refractivity (Wildman–Crippen MR) is 134 cm³/mol. The van der Waals surface area contributed by atoms with Crippen molar-refractivity contribution in [3.05, 3.63) is 23.8 Å². The molecule has 0 aliphatic carbocycles. The minimum Gasteiger partial charge on any atom is -0.495 e. The average Bonchev–Trinajstić information content (AvgIpc) is 3.29. The molecule has 0 bridgehead atoms. The van der Waals surface area contributed by atoms with Crippen molar-refractivity contribution >= 4 is 15.9 Å². The summed E-state index contributed by atoms with van der Waals surface area (Å²) in [6.45, 7) is 6.07. The maximum Gasteiger partial charge on any atom is 0.253 e. The molecule has 0 aromatic heterocycles. The van der Waals surface area contributed by atoms with Crippen molar-refractivity contribution in [1.82, 2.24) is 14.1 Å². The van der Waals surface area contributed by atoms with Gasteiger partial charge >= 0.3 is 0 Å². The largest absolute Gasteiger partial charge is 0.495 e. The van der Waals surface area contributed by atoms with Gasteiger partial charge < -0.3 is 14.5 Å². The van der Waals surface area contributed by atoms with Crippen LogP contribution in [-0.2, 0) is 10.0 Å². The third-order valence-corrected chi connectivity index (χ3v) is 9.63. The summed E-state index contributed by atoms with van der Waals surface area (Å²) in [5, 5.41) is 0. The summed E-state index contributed by atoms with van der Waals surface area (Å²) < 4.78 is 33.8. The Labute approximate surface area is 205 Å². The van der Waals surface area contributed by atoms with Gasteiger partial charge in [-0.3, -0.25) is 4.79 Å². The van der Waals surface area contributed by atoms with Crippen LogP contribution in [0.1, 0.15) is 74.6 Å². The lowest BCUT2D eigenvalue weighted by molar-refractivity contribution is 0.0667. The highest BCUT2D eigenvalue weighted by molar-refractivity contribution is 7.89. The molecular weight excluding hydrogens is 450 g/mol. The summed E-state index contributed by atoms with van der Waals surface area (Å²) in [6.07, 6.45) is 11.2. The van der Waals surface area contributed by atoms with Crippen molar-refractivity contribution in [3.63, 3.8) is 0 Å². The van der Waals surface area contributed by atoms with E-state index in [0.717, 1.165) is 58.2 Å². The second kappa shape index (κ2) is 11.9. The summed E-state index contributed by atoms with van der Waals surface area (Å²) in [7, 11) is -2.23. The maximum absolute atomic E-state index is 13.4. The summed E-state index contributed by atoms with van der Waals surface area (Å²) >= 11 is 0. The van der Waals surface area contributed by atoms with Gasteiger partial charge in [-0.15, -0.1) is 0 Å². The van der Waals surface area contributed by atoms with Crippen LogP contribution >= 0.6 is 0 Å². The van der Waals surface area contributed by atoms with Crippen LogP contribution in [0, 0.1) is 5.92 Å². The van der Waals surface area contributed by atoms with Gasteiger partial charge in [0.15, 0.2) is 0 Å². The third-order valence-electron chi connectivity index (χ3n) is 7.71. The van der Waals surface area contributed by atoms with Gasteiger partial charge in [0, 0.05) is 38.3 Å². The number of nitrogens with zero attached hydrogens (tertiary/aromatic N) is 3. The standard InChI is InChI=1S/C26H41N3O4S/c1-33-24-11-10-23(20-25(24)34(31,32)29-16-8-4-5-9-17-29)26(30)28-18-12-22(13-19-28)21-27-14-6-2-3-7-15-27/h10-11,20,22H,2-9,12-19,21H2,1H3. The molecule has 3 aliphatic heterocycles. The molecule has 3 fully saturated rings. The average molecular weight is 492 g/mol. The minimum atomic E-state index is -3.71. The Morgan fingerprint density at radius 2 is 1.47 bits per heavy atom. The van der Waals surface area contributed by atoms with Gasteiger partial charge in [0.1, 0.15) is 10.6 Å². The number of sulfonamides is 1. The Kier molecular flexibility index (Phi) is 8.88. The van der Waals surface area contributed by atoms with E-state index in [-0.39, 0.29) is 10.8 Å². The van der Waals surface area contributed by atoms with Gasteiger partial charge in [-0.05, 0) is 75.7 Å². The molecular formula is C26H41N3O4S. The Balaban J connectivity index is 1.42. The molecule has 3 heterocycles. The molecule has 1 aromatic carbocycles. The molecule has 3 aliphatic rings. The molecule has 1 aromatic rings. The Morgan fingerprint density at radius 3 is 2.06 bits per heavy atom. The van der Waals surface area contributed by atoms with Crippen LogP contribution in [0.4, 0.5) is 0 Å². The van der Waals surface area contributed by atoms with Gasteiger partial charge in [-0.25, -0.2) is 8.42 Å². The van der Waals surface area contributed by atoms with E-state index in [1.165, 1.54) is 51.9 Å². The lowest BCUT2D eigenvalue weighted by Gasteiger charge is -2.34. The topological polar surface area (TPSA) is 70.2 Å². The Morgan fingerprint density at radius 1 is 0.882 bits per heavy atom. The monoisotopic (exact) mass is 491 g/mol. The first kappa shape index (κ1) is 25.5. The molecule has 0 unspecified atom stereocenters. The van der Waals surface area contributed by atoms with E-state index >= 15 is 0 Å². The number of methoxy groups -OCH3 is 1. The number of piperidine rings is 1. The fourth-order valence-electron chi connectivity index (χ4n) is 5.62. The summed E-state index contributed by atoms with van der Waals surface area (Å²) in [5.74, 6) is 0.858. The highest BCUT2D eigenvalue weighted by atomic mass is 32.2. The number of carbonyl (C=O) groups excluding carboxylic acids is 1. The number of hydrogen-bond acceptors (Lipinski definition) is 5. The zero-order valence-corrected chi connectivity index (χ0v) is 21.5. The summed E-state index contributed by atoms with van der Waals surface area (Å²) in [4.78, 5) is 17.9. The number of ether oxygens (including phenoxy) is 1. The summed E-state index contributed by atoms with van der Waals surface area (Å²) in [6, 6.07) is 4.86. The Bertz CT molecular complexity index is 912. The van der Waals surface area contributed by atoms with Crippen LogP contribution in [0.3, 0.4) is 0 Å². The fourth-order valence-corrected chi connectivity index (χ4v) is 7.32. The van der Waals surface area contributed by atoms with E-state index in [4.69, 9.17) is 4.74 Å². The number of carbonyl (C=O) groups is 1. The van der Waals surface area contributed by atoms with E-state index < -0.39 is 10.0 Å².